The Hall–Kier alpha value is -3.34. The van der Waals surface area contributed by atoms with E-state index in [1.807, 2.05) is 31.1 Å². The topological polar surface area (TPSA) is 149 Å². The molecule has 0 heterocycles. The molecule has 346 valence electrons. The Bertz CT molecular complexity index is 1290. The molecular formula is C49H85NO10. The minimum atomic E-state index is -0.872. The van der Waals surface area contributed by atoms with Gasteiger partial charge in [-0.2, -0.15) is 0 Å². The fraction of sp³-hybridized carbons (Fsp3) is 0.796. The Morgan fingerprint density at radius 2 is 1.08 bits per heavy atom. The van der Waals surface area contributed by atoms with Crippen LogP contribution in [-0.2, 0) is 35.2 Å². The fourth-order valence-electron chi connectivity index (χ4n) is 7.68. The van der Waals surface area contributed by atoms with Crippen LogP contribution >= 0.6 is 0 Å². The van der Waals surface area contributed by atoms with E-state index in [4.69, 9.17) is 18.9 Å². The minimum absolute atomic E-state index is 0.0215. The summed E-state index contributed by atoms with van der Waals surface area (Å²) in [4.78, 5) is 52.4. The quantitative estimate of drug-likeness (QED) is 0.0480. The van der Waals surface area contributed by atoms with Gasteiger partial charge < -0.3 is 34.1 Å². The van der Waals surface area contributed by atoms with Crippen molar-refractivity contribution in [2.24, 2.45) is 17.8 Å². The number of carboxylic acid groups (broad SMARTS) is 2. The highest BCUT2D eigenvalue weighted by Gasteiger charge is 2.32. The Kier molecular flexibility index (Phi) is 32.1. The van der Waals surface area contributed by atoms with E-state index in [-0.39, 0.29) is 37.7 Å². The Balaban J connectivity index is 3.11. The maximum absolute atomic E-state index is 12.8. The van der Waals surface area contributed by atoms with Gasteiger partial charge >= 0.3 is 23.9 Å². The summed E-state index contributed by atoms with van der Waals surface area (Å²) in [6.45, 7) is 9.60. The van der Waals surface area contributed by atoms with Crippen LogP contribution in [0.5, 0.6) is 11.5 Å². The number of nitrogens with zero attached hydrogens (tertiary/aromatic N) is 1. The van der Waals surface area contributed by atoms with Crippen molar-refractivity contribution in [2.75, 3.05) is 33.9 Å². The third-order valence-corrected chi connectivity index (χ3v) is 11.2. The van der Waals surface area contributed by atoms with Gasteiger partial charge in [-0.15, -0.1) is 0 Å². The highest BCUT2D eigenvalue weighted by Crippen LogP contribution is 2.32. The second kappa shape index (κ2) is 35.3. The molecule has 11 heteroatoms. The number of rotatable bonds is 40. The van der Waals surface area contributed by atoms with E-state index in [1.165, 1.54) is 0 Å². The molecule has 0 saturated carbocycles. The number of unbranched alkanes of at least 4 members (excludes halogenated alkanes) is 14. The predicted octanol–water partition coefficient (Wildman–Crippen LogP) is 11.8. The number of ether oxygens (including phenoxy) is 4. The van der Waals surface area contributed by atoms with Crippen LogP contribution in [0.3, 0.4) is 0 Å². The van der Waals surface area contributed by atoms with Crippen LogP contribution in [0.1, 0.15) is 194 Å². The molecule has 0 aliphatic carbocycles. The van der Waals surface area contributed by atoms with Crippen LogP contribution in [0.4, 0.5) is 0 Å². The SMILES string of the molecule is CCCCCCCC(=O)OC[C@H](CCOc1cc(CN(C)C)cc(OCCC(CC(CCCCCC)C(=O)O)[C@@H](CCCCCC)C(=O)O)c1)OC(=O)CCCCCCC. The van der Waals surface area contributed by atoms with E-state index in [9.17, 15) is 29.4 Å². The van der Waals surface area contributed by atoms with Crippen molar-refractivity contribution in [3.63, 3.8) is 0 Å². The summed E-state index contributed by atoms with van der Waals surface area (Å²) in [6.07, 6.45) is 20.1. The molecule has 1 aromatic rings. The second-order valence-electron chi connectivity index (χ2n) is 17.1. The number of aliphatic carboxylic acids is 2. The lowest BCUT2D eigenvalue weighted by atomic mass is 9.78. The smallest absolute Gasteiger partial charge is 0.306 e. The summed E-state index contributed by atoms with van der Waals surface area (Å²) in [5, 5.41) is 20.5. The Morgan fingerprint density at radius 1 is 0.583 bits per heavy atom. The number of esters is 2. The maximum Gasteiger partial charge on any atom is 0.306 e. The molecule has 4 atom stereocenters. The zero-order valence-corrected chi connectivity index (χ0v) is 38.7. The summed E-state index contributed by atoms with van der Waals surface area (Å²) < 4.78 is 24.0. The number of carboxylic acids is 2. The van der Waals surface area contributed by atoms with Crippen molar-refractivity contribution >= 4 is 23.9 Å². The van der Waals surface area contributed by atoms with Gasteiger partial charge in [0.25, 0.3) is 0 Å². The normalized spacial score (nSPS) is 13.4. The highest BCUT2D eigenvalue weighted by atomic mass is 16.6. The molecule has 0 aromatic heterocycles. The molecule has 0 amide bonds. The maximum atomic E-state index is 12.8. The van der Waals surface area contributed by atoms with E-state index >= 15 is 0 Å². The number of hydrogen-bond acceptors (Lipinski definition) is 9. The first-order valence-electron chi connectivity index (χ1n) is 23.8. The summed E-state index contributed by atoms with van der Waals surface area (Å²) in [5.74, 6) is -2.76. The average molecular weight is 848 g/mol. The molecule has 0 radical (unpaired) electrons. The molecule has 0 bridgehead atoms. The summed E-state index contributed by atoms with van der Waals surface area (Å²) >= 11 is 0. The van der Waals surface area contributed by atoms with Crippen LogP contribution < -0.4 is 9.47 Å². The van der Waals surface area contributed by atoms with Crippen molar-refractivity contribution in [3.8, 4) is 11.5 Å². The van der Waals surface area contributed by atoms with Crippen molar-refractivity contribution < 1.29 is 48.3 Å². The van der Waals surface area contributed by atoms with Gasteiger partial charge in [-0.05, 0) is 76.2 Å². The average Bonchev–Trinajstić information content (AvgIpc) is 3.19. The first-order valence-corrected chi connectivity index (χ1v) is 23.8. The van der Waals surface area contributed by atoms with Crippen molar-refractivity contribution in [1.29, 1.82) is 0 Å². The van der Waals surface area contributed by atoms with Crippen molar-refractivity contribution in [1.82, 2.24) is 4.90 Å². The number of carbonyl (C=O) groups excluding carboxylic acids is 2. The van der Waals surface area contributed by atoms with Crippen molar-refractivity contribution in [2.45, 2.75) is 201 Å². The Morgan fingerprint density at radius 3 is 1.60 bits per heavy atom. The molecule has 11 nitrogen and oxygen atoms in total. The largest absolute Gasteiger partial charge is 0.493 e. The minimum Gasteiger partial charge on any atom is -0.493 e. The molecule has 1 rings (SSSR count). The molecule has 1 aromatic carbocycles. The van der Waals surface area contributed by atoms with Crippen LogP contribution in [0.2, 0.25) is 0 Å². The van der Waals surface area contributed by atoms with Crippen LogP contribution in [-0.4, -0.2) is 79.0 Å². The monoisotopic (exact) mass is 848 g/mol. The zero-order valence-electron chi connectivity index (χ0n) is 38.7. The lowest BCUT2D eigenvalue weighted by Gasteiger charge is -2.27. The van der Waals surface area contributed by atoms with E-state index in [2.05, 4.69) is 27.7 Å². The molecule has 60 heavy (non-hydrogen) atoms. The van der Waals surface area contributed by atoms with Crippen LogP contribution in [0, 0.1) is 17.8 Å². The summed E-state index contributed by atoms with van der Waals surface area (Å²) in [5.41, 5.74) is 0.959. The summed E-state index contributed by atoms with van der Waals surface area (Å²) in [7, 11) is 3.95. The van der Waals surface area contributed by atoms with Gasteiger partial charge in [0.05, 0.1) is 25.0 Å². The van der Waals surface area contributed by atoms with Gasteiger partial charge in [-0.25, -0.2) is 0 Å². The molecule has 0 spiro atoms. The lowest BCUT2D eigenvalue weighted by Crippen LogP contribution is -2.29. The Labute approximate surface area is 364 Å². The van der Waals surface area contributed by atoms with Crippen LogP contribution in [0.15, 0.2) is 18.2 Å². The number of benzene rings is 1. The van der Waals surface area contributed by atoms with Gasteiger partial charge in [0.15, 0.2) is 0 Å². The number of carbonyl (C=O) groups is 4. The standard InChI is InChI=1S/C49H85NO10/c1-7-11-15-19-23-27-46(51)59-38-42(60-47(52)28-24-20-16-12-8-2)30-32-58-44-34-39(37-50(5)6)33-43(36-44)57-31-29-40(45(49(55)56)26-22-18-14-10-4)35-41(48(53)54)25-21-17-13-9-3/h33-34,36,40-42,45H,7-32,35,37-38H2,1-6H3,(H,53,54)(H,55,56)/t40?,41?,42-,45+/m0/s1. The molecular weight excluding hydrogens is 763 g/mol. The van der Waals surface area contributed by atoms with Gasteiger partial charge in [0, 0.05) is 31.9 Å². The number of hydrogen-bond donors (Lipinski definition) is 2. The molecule has 0 aliphatic rings. The highest BCUT2D eigenvalue weighted by molar-refractivity contribution is 5.72. The van der Waals surface area contributed by atoms with Gasteiger partial charge in [0.1, 0.15) is 24.2 Å². The van der Waals surface area contributed by atoms with E-state index < -0.39 is 29.9 Å². The molecule has 2 unspecified atom stereocenters. The van der Waals surface area contributed by atoms with E-state index in [0.717, 1.165) is 121 Å². The lowest BCUT2D eigenvalue weighted by molar-refractivity contribution is -0.160. The second-order valence-corrected chi connectivity index (χ2v) is 17.1. The third-order valence-electron chi connectivity index (χ3n) is 11.2. The molecule has 0 aliphatic heterocycles. The first kappa shape index (κ1) is 54.7. The van der Waals surface area contributed by atoms with Gasteiger partial charge in [0.2, 0.25) is 0 Å². The zero-order chi connectivity index (χ0) is 44.4. The third kappa shape index (κ3) is 27.5. The van der Waals surface area contributed by atoms with Crippen molar-refractivity contribution in [3.05, 3.63) is 23.8 Å². The molecule has 0 fully saturated rings. The summed E-state index contributed by atoms with van der Waals surface area (Å²) in [6, 6.07) is 5.69. The van der Waals surface area contributed by atoms with Crippen LogP contribution in [0.25, 0.3) is 0 Å². The van der Waals surface area contributed by atoms with Gasteiger partial charge in [-0.3, -0.25) is 19.2 Å². The molecule has 0 saturated heterocycles. The predicted molar refractivity (Wildman–Crippen MR) is 240 cm³/mol. The first-order chi connectivity index (χ1) is 28.9. The van der Waals surface area contributed by atoms with E-state index in [0.29, 0.717) is 63.0 Å². The fourth-order valence-corrected chi connectivity index (χ4v) is 7.68. The molecule has 2 N–H and O–H groups in total. The van der Waals surface area contributed by atoms with E-state index in [1.54, 1.807) is 6.07 Å². The van der Waals surface area contributed by atoms with Gasteiger partial charge in [-0.1, -0.05) is 130 Å².